The van der Waals surface area contributed by atoms with Crippen LogP contribution >= 0.6 is 12.2 Å². The Labute approximate surface area is 99.0 Å². The maximum Gasteiger partial charge on any atom is 0.0870 e. The Kier molecular flexibility index (Phi) is 8.95. The summed E-state index contributed by atoms with van der Waals surface area (Å²) in [6.07, 6.45) is 1.12. The summed E-state index contributed by atoms with van der Waals surface area (Å²) in [5.41, 5.74) is 5.53. The van der Waals surface area contributed by atoms with Crippen molar-refractivity contribution in [3.63, 3.8) is 0 Å². The molecule has 0 aliphatic rings. The molecule has 0 aromatic rings. The van der Waals surface area contributed by atoms with Crippen molar-refractivity contribution in [2.75, 3.05) is 32.8 Å². The molecule has 2 N–H and O–H groups in total. The number of ether oxygens (including phenoxy) is 1. The van der Waals surface area contributed by atoms with E-state index < -0.39 is 0 Å². The Hall–Kier alpha value is -0.190. The SMILES string of the molecule is CCCN(CCOCC(C)C)CC(N)=S. The van der Waals surface area contributed by atoms with Crippen molar-refractivity contribution in [2.24, 2.45) is 11.7 Å². The summed E-state index contributed by atoms with van der Waals surface area (Å²) in [4.78, 5) is 2.80. The number of thiocarbonyl (C=S) groups is 1. The fraction of sp³-hybridized carbons (Fsp3) is 0.909. The highest BCUT2D eigenvalue weighted by atomic mass is 32.1. The lowest BCUT2D eigenvalue weighted by atomic mass is 10.2. The number of hydrogen-bond acceptors (Lipinski definition) is 3. The Morgan fingerprint density at radius 1 is 1.40 bits per heavy atom. The molecule has 15 heavy (non-hydrogen) atoms. The molecule has 0 aliphatic heterocycles. The predicted octanol–water partition coefficient (Wildman–Crippen LogP) is 1.66. The zero-order chi connectivity index (χ0) is 11.7. The van der Waals surface area contributed by atoms with Crippen LogP contribution in [0.5, 0.6) is 0 Å². The molecule has 0 spiro atoms. The van der Waals surface area contributed by atoms with Gasteiger partial charge in [0.15, 0.2) is 0 Å². The molecule has 4 heteroatoms. The zero-order valence-corrected chi connectivity index (χ0v) is 11.0. The van der Waals surface area contributed by atoms with Gasteiger partial charge in [-0.3, -0.25) is 4.90 Å². The molecule has 3 nitrogen and oxygen atoms in total. The van der Waals surface area contributed by atoms with E-state index >= 15 is 0 Å². The maximum absolute atomic E-state index is 5.53. The molecule has 90 valence electrons. The van der Waals surface area contributed by atoms with Crippen LogP contribution in [-0.4, -0.2) is 42.7 Å². The minimum absolute atomic E-state index is 0.562. The van der Waals surface area contributed by atoms with Crippen molar-refractivity contribution >= 4 is 17.2 Å². The van der Waals surface area contributed by atoms with Crippen molar-refractivity contribution in [1.29, 1.82) is 0 Å². The van der Waals surface area contributed by atoms with Gasteiger partial charge in [0.05, 0.1) is 11.6 Å². The van der Waals surface area contributed by atoms with Crippen LogP contribution in [0.4, 0.5) is 0 Å². The standard InChI is InChI=1S/C11H24N2OS/c1-4-5-13(8-11(12)15)6-7-14-9-10(2)3/h10H,4-9H2,1-3H3,(H2,12,15). The van der Waals surface area contributed by atoms with Crippen LogP contribution in [0, 0.1) is 5.92 Å². The summed E-state index contributed by atoms with van der Waals surface area (Å²) in [5.74, 6) is 0.597. The average Bonchev–Trinajstić information content (AvgIpc) is 2.11. The lowest BCUT2D eigenvalue weighted by molar-refractivity contribution is 0.0893. The molecule has 0 radical (unpaired) electrons. The van der Waals surface area contributed by atoms with Crippen LogP contribution < -0.4 is 5.73 Å². The van der Waals surface area contributed by atoms with Crippen molar-refractivity contribution in [3.05, 3.63) is 0 Å². The largest absolute Gasteiger partial charge is 0.392 e. The van der Waals surface area contributed by atoms with Crippen LogP contribution in [0.3, 0.4) is 0 Å². The van der Waals surface area contributed by atoms with Crippen molar-refractivity contribution in [1.82, 2.24) is 4.90 Å². The summed E-state index contributed by atoms with van der Waals surface area (Å²) >= 11 is 4.90. The quantitative estimate of drug-likeness (QED) is 0.485. The van der Waals surface area contributed by atoms with E-state index in [4.69, 9.17) is 22.7 Å². The predicted molar refractivity (Wildman–Crippen MR) is 69.2 cm³/mol. The smallest absolute Gasteiger partial charge is 0.0870 e. The van der Waals surface area contributed by atoms with E-state index in [1.165, 1.54) is 0 Å². The van der Waals surface area contributed by atoms with E-state index in [0.29, 0.717) is 17.5 Å². The highest BCUT2D eigenvalue weighted by Gasteiger charge is 2.04. The van der Waals surface area contributed by atoms with E-state index in [0.717, 1.165) is 32.7 Å². The Morgan fingerprint density at radius 3 is 2.53 bits per heavy atom. The summed E-state index contributed by atoms with van der Waals surface area (Å²) < 4.78 is 5.53. The van der Waals surface area contributed by atoms with Crippen molar-refractivity contribution in [3.8, 4) is 0 Å². The van der Waals surface area contributed by atoms with Gasteiger partial charge in [0.25, 0.3) is 0 Å². The molecule has 0 aromatic carbocycles. The molecule has 0 aliphatic carbocycles. The normalized spacial score (nSPS) is 11.3. The molecule has 0 unspecified atom stereocenters. The summed E-state index contributed by atoms with van der Waals surface area (Å²) in [7, 11) is 0. The van der Waals surface area contributed by atoms with Gasteiger partial charge in [0, 0.05) is 19.7 Å². The first-order chi connectivity index (χ1) is 7.06. The number of nitrogens with two attached hydrogens (primary N) is 1. The maximum atomic E-state index is 5.53. The third-order valence-corrected chi connectivity index (χ3v) is 2.05. The molecule has 0 heterocycles. The van der Waals surface area contributed by atoms with E-state index in [-0.39, 0.29) is 0 Å². The van der Waals surface area contributed by atoms with Crippen LogP contribution in [0.2, 0.25) is 0 Å². The Balaban J connectivity index is 3.61. The van der Waals surface area contributed by atoms with Crippen molar-refractivity contribution in [2.45, 2.75) is 27.2 Å². The lowest BCUT2D eigenvalue weighted by Crippen LogP contribution is -2.35. The molecule has 0 amide bonds. The van der Waals surface area contributed by atoms with Gasteiger partial charge in [-0.15, -0.1) is 0 Å². The van der Waals surface area contributed by atoms with E-state index in [1.54, 1.807) is 0 Å². The molecule has 0 aromatic heterocycles. The van der Waals surface area contributed by atoms with Gasteiger partial charge in [-0.1, -0.05) is 33.0 Å². The first-order valence-electron chi connectivity index (χ1n) is 5.64. The number of nitrogens with zero attached hydrogens (tertiary/aromatic N) is 1. The zero-order valence-electron chi connectivity index (χ0n) is 10.2. The summed E-state index contributed by atoms with van der Waals surface area (Å²) in [6.45, 7) is 10.7. The summed E-state index contributed by atoms with van der Waals surface area (Å²) in [5, 5.41) is 0. The third-order valence-electron chi connectivity index (χ3n) is 1.92. The van der Waals surface area contributed by atoms with Crippen LogP contribution in [0.1, 0.15) is 27.2 Å². The van der Waals surface area contributed by atoms with Gasteiger partial charge >= 0.3 is 0 Å². The average molecular weight is 232 g/mol. The van der Waals surface area contributed by atoms with E-state index in [2.05, 4.69) is 25.7 Å². The van der Waals surface area contributed by atoms with Gasteiger partial charge in [-0.25, -0.2) is 0 Å². The van der Waals surface area contributed by atoms with E-state index in [1.807, 2.05) is 0 Å². The lowest BCUT2D eigenvalue weighted by Gasteiger charge is -2.20. The highest BCUT2D eigenvalue weighted by molar-refractivity contribution is 7.80. The van der Waals surface area contributed by atoms with Gasteiger partial charge in [0.2, 0.25) is 0 Å². The second kappa shape index (κ2) is 9.07. The molecule has 0 bridgehead atoms. The van der Waals surface area contributed by atoms with Gasteiger partial charge in [-0.2, -0.15) is 0 Å². The molecular formula is C11H24N2OS. The first kappa shape index (κ1) is 14.8. The van der Waals surface area contributed by atoms with Crippen LogP contribution in [-0.2, 0) is 4.74 Å². The topological polar surface area (TPSA) is 38.5 Å². The monoisotopic (exact) mass is 232 g/mol. The highest BCUT2D eigenvalue weighted by Crippen LogP contribution is 1.95. The second-order valence-corrected chi connectivity index (χ2v) is 4.74. The van der Waals surface area contributed by atoms with Gasteiger partial charge in [0.1, 0.15) is 0 Å². The second-order valence-electron chi connectivity index (χ2n) is 4.21. The molecule has 0 fully saturated rings. The van der Waals surface area contributed by atoms with Gasteiger partial charge in [-0.05, 0) is 18.9 Å². The Morgan fingerprint density at radius 2 is 2.07 bits per heavy atom. The Bertz CT molecular complexity index is 174. The third kappa shape index (κ3) is 10.1. The fourth-order valence-electron chi connectivity index (χ4n) is 1.32. The fourth-order valence-corrected chi connectivity index (χ4v) is 1.50. The van der Waals surface area contributed by atoms with Gasteiger partial charge < -0.3 is 10.5 Å². The van der Waals surface area contributed by atoms with Crippen molar-refractivity contribution < 1.29 is 4.74 Å². The summed E-state index contributed by atoms with van der Waals surface area (Å²) in [6, 6.07) is 0. The van der Waals surface area contributed by atoms with E-state index in [9.17, 15) is 0 Å². The first-order valence-corrected chi connectivity index (χ1v) is 6.05. The number of hydrogen-bond donors (Lipinski definition) is 1. The molecule has 0 atom stereocenters. The molecule has 0 saturated carbocycles. The number of rotatable bonds is 9. The minimum atomic E-state index is 0.562. The molecule has 0 rings (SSSR count). The molecule has 0 saturated heterocycles. The van der Waals surface area contributed by atoms with Crippen LogP contribution in [0.15, 0.2) is 0 Å². The van der Waals surface area contributed by atoms with Crippen LogP contribution in [0.25, 0.3) is 0 Å². The molecular weight excluding hydrogens is 208 g/mol. The minimum Gasteiger partial charge on any atom is -0.392 e.